The maximum atomic E-state index is 12.4. The molecule has 5 nitrogen and oxygen atoms in total. The fourth-order valence-electron chi connectivity index (χ4n) is 2.22. The number of piperazine rings is 1. The van der Waals surface area contributed by atoms with Crippen molar-refractivity contribution < 1.29 is 9.53 Å². The molecular formula is C13H27N3O2. The van der Waals surface area contributed by atoms with E-state index in [2.05, 4.69) is 15.5 Å². The van der Waals surface area contributed by atoms with Crippen LogP contribution in [-0.2, 0) is 9.53 Å². The third-order valence-corrected chi connectivity index (χ3v) is 3.42. The van der Waals surface area contributed by atoms with Gasteiger partial charge in [-0.15, -0.1) is 0 Å². The Labute approximate surface area is 110 Å². The van der Waals surface area contributed by atoms with E-state index in [1.165, 1.54) is 0 Å². The van der Waals surface area contributed by atoms with Gasteiger partial charge in [-0.1, -0.05) is 0 Å². The van der Waals surface area contributed by atoms with E-state index in [0.717, 1.165) is 26.2 Å². The minimum absolute atomic E-state index is 0.0615. The zero-order valence-electron chi connectivity index (χ0n) is 12.3. The predicted octanol–water partition coefficient (Wildman–Crippen LogP) is 0.211. The number of hydrogen-bond acceptors (Lipinski definition) is 4. The molecule has 1 aliphatic heterocycles. The molecule has 1 aliphatic rings. The second kappa shape index (κ2) is 5.99. The molecule has 0 aliphatic carbocycles. The molecule has 1 rings (SSSR count). The zero-order valence-corrected chi connectivity index (χ0v) is 12.3. The molecule has 1 fully saturated rings. The first kappa shape index (κ1) is 15.4. The largest absolute Gasteiger partial charge is 0.382 e. The van der Waals surface area contributed by atoms with Gasteiger partial charge in [0.05, 0.1) is 17.7 Å². The summed E-state index contributed by atoms with van der Waals surface area (Å²) in [5.41, 5.74) is -0.815. The Morgan fingerprint density at radius 3 is 2.33 bits per heavy atom. The molecule has 1 heterocycles. The molecule has 0 aromatic carbocycles. The minimum atomic E-state index is -0.479. The van der Waals surface area contributed by atoms with Gasteiger partial charge in [-0.2, -0.15) is 0 Å². The number of carbonyl (C=O) groups excluding carboxylic acids is 1. The molecule has 0 bridgehead atoms. The summed E-state index contributed by atoms with van der Waals surface area (Å²) < 4.78 is 5.13. The molecule has 0 aromatic rings. The van der Waals surface area contributed by atoms with Gasteiger partial charge < -0.3 is 15.4 Å². The average Bonchev–Trinajstić information content (AvgIpc) is 2.29. The number of amides is 1. The van der Waals surface area contributed by atoms with E-state index in [9.17, 15) is 4.79 Å². The smallest absolute Gasteiger partial charge is 0.240 e. The second-order valence-corrected chi connectivity index (χ2v) is 6.07. The summed E-state index contributed by atoms with van der Waals surface area (Å²) >= 11 is 0. The van der Waals surface area contributed by atoms with Gasteiger partial charge in [0.1, 0.15) is 0 Å². The van der Waals surface area contributed by atoms with E-state index in [1.807, 2.05) is 27.7 Å². The number of ether oxygens (including phenoxy) is 1. The number of hydrogen-bond donors (Lipinski definition) is 2. The van der Waals surface area contributed by atoms with E-state index in [-0.39, 0.29) is 11.4 Å². The molecule has 1 saturated heterocycles. The van der Waals surface area contributed by atoms with Crippen molar-refractivity contribution in [3.63, 3.8) is 0 Å². The molecule has 0 atom stereocenters. The quantitative estimate of drug-likeness (QED) is 0.739. The van der Waals surface area contributed by atoms with Crippen LogP contribution in [0.3, 0.4) is 0 Å². The SMILES string of the molecule is COCC(C)(C)NC(=O)C(C)(C)N1CCNCC1. The van der Waals surface area contributed by atoms with Gasteiger partial charge in [0.25, 0.3) is 0 Å². The highest BCUT2D eigenvalue weighted by atomic mass is 16.5. The van der Waals surface area contributed by atoms with E-state index >= 15 is 0 Å². The van der Waals surface area contributed by atoms with Crippen LogP contribution in [0.2, 0.25) is 0 Å². The van der Waals surface area contributed by atoms with Crippen LogP contribution in [0.4, 0.5) is 0 Å². The Balaban J connectivity index is 2.63. The highest BCUT2D eigenvalue weighted by Gasteiger charge is 2.37. The molecule has 0 aromatic heterocycles. The highest BCUT2D eigenvalue weighted by Crippen LogP contribution is 2.17. The summed E-state index contributed by atoms with van der Waals surface area (Å²) in [4.78, 5) is 14.6. The standard InChI is InChI=1S/C13H27N3O2/c1-12(2,10-18-5)15-11(17)13(3,4)16-8-6-14-7-9-16/h14H,6-10H2,1-5H3,(H,15,17). The van der Waals surface area contributed by atoms with Crippen LogP contribution >= 0.6 is 0 Å². The van der Waals surface area contributed by atoms with E-state index in [1.54, 1.807) is 7.11 Å². The lowest BCUT2D eigenvalue weighted by Gasteiger charge is -2.41. The number of rotatable bonds is 5. The van der Waals surface area contributed by atoms with Crippen molar-refractivity contribution in [1.82, 2.24) is 15.5 Å². The first-order valence-electron chi connectivity index (χ1n) is 6.57. The Kier molecular flexibility index (Phi) is 5.13. The van der Waals surface area contributed by atoms with Crippen molar-refractivity contribution in [2.75, 3.05) is 39.9 Å². The average molecular weight is 257 g/mol. The maximum Gasteiger partial charge on any atom is 0.240 e. The van der Waals surface area contributed by atoms with Gasteiger partial charge in [-0.05, 0) is 27.7 Å². The van der Waals surface area contributed by atoms with E-state index < -0.39 is 5.54 Å². The van der Waals surface area contributed by atoms with Gasteiger partial charge in [0.15, 0.2) is 0 Å². The van der Waals surface area contributed by atoms with Crippen molar-refractivity contribution in [2.24, 2.45) is 0 Å². The number of carbonyl (C=O) groups is 1. The maximum absolute atomic E-state index is 12.4. The Bertz CT molecular complexity index is 284. The second-order valence-electron chi connectivity index (χ2n) is 6.07. The third kappa shape index (κ3) is 3.93. The van der Waals surface area contributed by atoms with Crippen LogP contribution in [0.1, 0.15) is 27.7 Å². The topological polar surface area (TPSA) is 53.6 Å². The van der Waals surface area contributed by atoms with Crippen LogP contribution in [-0.4, -0.2) is 61.8 Å². The van der Waals surface area contributed by atoms with Crippen molar-refractivity contribution >= 4 is 5.91 Å². The highest BCUT2D eigenvalue weighted by molar-refractivity contribution is 5.86. The van der Waals surface area contributed by atoms with Crippen molar-refractivity contribution in [2.45, 2.75) is 38.8 Å². The van der Waals surface area contributed by atoms with Crippen LogP contribution in [0, 0.1) is 0 Å². The lowest BCUT2D eigenvalue weighted by atomic mass is 9.97. The molecule has 106 valence electrons. The van der Waals surface area contributed by atoms with E-state index in [0.29, 0.717) is 6.61 Å². The molecule has 0 unspecified atom stereocenters. The predicted molar refractivity (Wildman–Crippen MR) is 72.6 cm³/mol. The van der Waals surface area contributed by atoms with Crippen LogP contribution < -0.4 is 10.6 Å². The number of methoxy groups -OCH3 is 1. The molecule has 2 N–H and O–H groups in total. The molecule has 1 amide bonds. The molecule has 5 heteroatoms. The summed E-state index contributed by atoms with van der Waals surface area (Å²) in [5, 5.41) is 6.37. The van der Waals surface area contributed by atoms with Crippen LogP contribution in [0.15, 0.2) is 0 Å². The first-order valence-corrected chi connectivity index (χ1v) is 6.57. The van der Waals surface area contributed by atoms with Gasteiger partial charge in [0.2, 0.25) is 5.91 Å². The van der Waals surface area contributed by atoms with Crippen LogP contribution in [0.5, 0.6) is 0 Å². The lowest BCUT2D eigenvalue weighted by molar-refractivity contribution is -0.134. The van der Waals surface area contributed by atoms with Gasteiger partial charge in [0, 0.05) is 33.3 Å². The van der Waals surface area contributed by atoms with Crippen molar-refractivity contribution in [3.8, 4) is 0 Å². The van der Waals surface area contributed by atoms with Gasteiger partial charge >= 0.3 is 0 Å². The first-order chi connectivity index (χ1) is 8.29. The fourth-order valence-corrected chi connectivity index (χ4v) is 2.22. The molecule has 18 heavy (non-hydrogen) atoms. The minimum Gasteiger partial charge on any atom is -0.382 e. The van der Waals surface area contributed by atoms with Crippen LogP contribution in [0.25, 0.3) is 0 Å². The number of nitrogens with one attached hydrogen (secondary N) is 2. The Morgan fingerprint density at radius 1 is 1.28 bits per heavy atom. The Hall–Kier alpha value is -0.650. The normalized spacial score (nSPS) is 18.7. The number of nitrogens with zero attached hydrogens (tertiary/aromatic N) is 1. The summed E-state index contributed by atoms with van der Waals surface area (Å²) in [6.45, 7) is 12.1. The fraction of sp³-hybridized carbons (Fsp3) is 0.923. The summed E-state index contributed by atoms with van der Waals surface area (Å²) in [6.07, 6.45) is 0. The van der Waals surface area contributed by atoms with Gasteiger partial charge in [-0.3, -0.25) is 9.69 Å². The summed E-state index contributed by atoms with van der Waals surface area (Å²) in [6, 6.07) is 0. The molecular weight excluding hydrogens is 230 g/mol. The van der Waals surface area contributed by atoms with Crippen molar-refractivity contribution in [1.29, 1.82) is 0 Å². The zero-order chi connectivity index (χ0) is 13.8. The monoisotopic (exact) mass is 257 g/mol. The van der Waals surface area contributed by atoms with Crippen molar-refractivity contribution in [3.05, 3.63) is 0 Å². The third-order valence-electron chi connectivity index (χ3n) is 3.42. The molecule has 0 radical (unpaired) electrons. The molecule has 0 spiro atoms. The summed E-state index contributed by atoms with van der Waals surface area (Å²) in [5.74, 6) is 0.0615. The lowest BCUT2D eigenvalue weighted by Crippen LogP contribution is -2.63. The Morgan fingerprint density at radius 2 is 1.83 bits per heavy atom. The molecule has 0 saturated carbocycles. The van der Waals surface area contributed by atoms with Gasteiger partial charge in [-0.25, -0.2) is 0 Å². The summed E-state index contributed by atoms with van der Waals surface area (Å²) in [7, 11) is 1.65. The van der Waals surface area contributed by atoms with E-state index in [4.69, 9.17) is 4.74 Å².